The molecule has 1 atom stereocenters. The third-order valence-electron chi connectivity index (χ3n) is 4.79. The normalized spacial score (nSPS) is 15.4. The molecule has 1 unspecified atom stereocenters. The van der Waals surface area contributed by atoms with Gasteiger partial charge in [-0.15, -0.1) is 0 Å². The zero-order valence-electron chi connectivity index (χ0n) is 16.1. The first kappa shape index (κ1) is 20.3. The van der Waals surface area contributed by atoms with Crippen molar-refractivity contribution in [3.05, 3.63) is 87.9 Å². The molecule has 1 aliphatic heterocycles. The molecule has 4 rings (SSSR count). The quantitative estimate of drug-likeness (QED) is 0.577. The lowest BCUT2D eigenvalue weighted by Gasteiger charge is -2.33. The van der Waals surface area contributed by atoms with E-state index < -0.39 is 6.10 Å². The van der Waals surface area contributed by atoms with E-state index in [2.05, 4.69) is 5.32 Å². The number of halogens is 2. The molecule has 0 aromatic heterocycles. The Bertz CT molecular complexity index is 1120. The number of carbonyl (C=O) groups excluding carboxylic acids is 2. The molecular formula is C23H18Cl2N2O3. The molecule has 7 heteroatoms. The lowest BCUT2D eigenvalue weighted by atomic mass is 10.1. The van der Waals surface area contributed by atoms with Gasteiger partial charge < -0.3 is 15.0 Å². The van der Waals surface area contributed by atoms with Gasteiger partial charge in [-0.05, 0) is 48.9 Å². The maximum Gasteiger partial charge on any atom is 0.268 e. The molecule has 2 amide bonds. The summed E-state index contributed by atoms with van der Waals surface area (Å²) in [6.45, 7) is 2.13. The summed E-state index contributed by atoms with van der Waals surface area (Å²) in [5.41, 5.74) is 2.52. The van der Waals surface area contributed by atoms with Crippen LogP contribution < -0.4 is 15.0 Å². The van der Waals surface area contributed by atoms with Crippen LogP contribution in [-0.4, -0.2) is 17.9 Å². The molecule has 0 spiro atoms. The average molecular weight is 441 g/mol. The van der Waals surface area contributed by atoms with Gasteiger partial charge in [0.15, 0.2) is 6.10 Å². The topological polar surface area (TPSA) is 58.6 Å². The molecule has 0 radical (unpaired) electrons. The van der Waals surface area contributed by atoms with Gasteiger partial charge in [-0.3, -0.25) is 9.59 Å². The SMILES string of the molecule is CC1Oc2ccc(NC(=O)c3ccc(Cl)c(Cl)c3)cc2N(Cc2ccccc2)C1=O. The number of ether oxygens (including phenoxy) is 1. The van der Waals surface area contributed by atoms with Crippen LogP contribution in [0.15, 0.2) is 66.7 Å². The number of fused-ring (bicyclic) bond motifs is 1. The molecule has 5 nitrogen and oxygen atoms in total. The Morgan fingerprint density at radius 1 is 1.03 bits per heavy atom. The largest absolute Gasteiger partial charge is 0.479 e. The molecule has 0 fully saturated rings. The molecule has 30 heavy (non-hydrogen) atoms. The summed E-state index contributed by atoms with van der Waals surface area (Å²) in [7, 11) is 0. The number of hydrogen-bond acceptors (Lipinski definition) is 3. The molecule has 152 valence electrons. The first-order valence-electron chi connectivity index (χ1n) is 9.35. The van der Waals surface area contributed by atoms with E-state index in [1.165, 1.54) is 6.07 Å². The number of nitrogens with zero attached hydrogens (tertiary/aromatic N) is 1. The van der Waals surface area contributed by atoms with Crippen molar-refractivity contribution in [3.8, 4) is 5.75 Å². The standard InChI is InChI=1S/C23H18Cl2N2O3/c1-14-23(29)27(13-15-5-3-2-4-6-15)20-12-17(8-10-21(20)30-14)26-22(28)16-7-9-18(24)19(25)11-16/h2-12,14H,13H2,1H3,(H,26,28). The second kappa shape index (κ2) is 8.38. The minimum atomic E-state index is -0.585. The van der Waals surface area contributed by atoms with Crippen LogP contribution in [0.3, 0.4) is 0 Å². The third-order valence-corrected chi connectivity index (χ3v) is 5.53. The Morgan fingerprint density at radius 3 is 2.53 bits per heavy atom. The lowest BCUT2D eigenvalue weighted by Crippen LogP contribution is -2.44. The predicted molar refractivity (Wildman–Crippen MR) is 119 cm³/mol. The fraction of sp³-hybridized carbons (Fsp3) is 0.130. The van der Waals surface area contributed by atoms with Crippen molar-refractivity contribution in [1.82, 2.24) is 0 Å². The Hall–Kier alpha value is -3.02. The first-order valence-corrected chi connectivity index (χ1v) is 10.1. The van der Waals surface area contributed by atoms with Crippen LogP contribution in [0, 0.1) is 0 Å². The minimum Gasteiger partial charge on any atom is -0.479 e. The number of carbonyl (C=O) groups is 2. The molecule has 1 aliphatic rings. The molecule has 1 N–H and O–H groups in total. The Labute approximate surface area is 184 Å². The number of nitrogens with one attached hydrogen (secondary N) is 1. The van der Waals surface area contributed by atoms with E-state index >= 15 is 0 Å². The van der Waals surface area contributed by atoms with Gasteiger partial charge in [0.2, 0.25) is 0 Å². The van der Waals surface area contributed by atoms with Gasteiger partial charge >= 0.3 is 0 Å². The molecule has 0 saturated carbocycles. The fourth-order valence-electron chi connectivity index (χ4n) is 3.25. The third kappa shape index (κ3) is 4.13. The van der Waals surface area contributed by atoms with E-state index in [9.17, 15) is 9.59 Å². The van der Waals surface area contributed by atoms with Crippen LogP contribution in [0.5, 0.6) is 5.75 Å². The molecule has 0 saturated heterocycles. The molecule has 0 bridgehead atoms. The van der Waals surface area contributed by atoms with Crippen molar-refractivity contribution < 1.29 is 14.3 Å². The number of anilines is 2. The van der Waals surface area contributed by atoms with Crippen LogP contribution in [0.25, 0.3) is 0 Å². The van der Waals surface area contributed by atoms with E-state index in [4.69, 9.17) is 27.9 Å². The smallest absolute Gasteiger partial charge is 0.268 e. The van der Waals surface area contributed by atoms with E-state index in [1.807, 2.05) is 30.3 Å². The zero-order valence-corrected chi connectivity index (χ0v) is 17.6. The van der Waals surface area contributed by atoms with Gasteiger partial charge in [0.1, 0.15) is 5.75 Å². The summed E-state index contributed by atoms with van der Waals surface area (Å²) < 4.78 is 5.75. The minimum absolute atomic E-state index is 0.140. The number of rotatable bonds is 4. The summed E-state index contributed by atoms with van der Waals surface area (Å²) in [4.78, 5) is 27.1. The summed E-state index contributed by atoms with van der Waals surface area (Å²) in [5, 5.41) is 3.51. The summed E-state index contributed by atoms with van der Waals surface area (Å²) in [5.74, 6) is 0.115. The van der Waals surface area contributed by atoms with Gasteiger partial charge in [-0.1, -0.05) is 53.5 Å². The van der Waals surface area contributed by atoms with Crippen molar-refractivity contribution in [2.75, 3.05) is 10.2 Å². The van der Waals surface area contributed by atoms with Crippen LogP contribution in [0.1, 0.15) is 22.8 Å². The van der Waals surface area contributed by atoms with Crippen LogP contribution in [-0.2, 0) is 11.3 Å². The maximum atomic E-state index is 12.8. The van der Waals surface area contributed by atoms with Gasteiger partial charge in [0.25, 0.3) is 11.8 Å². The highest BCUT2D eigenvalue weighted by atomic mass is 35.5. The zero-order chi connectivity index (χ0) is 21.3. The second-order valence-corrected chi connectivity index (χ2v) is 7.75. The number of amides is 2. The van der Waals surface area contributed by atoms with Gasteiger partial charge in [-0.2, -0.15) is 0 Å². The van der Waals surface area contributed by atoms with Gasteiger partial charge in [-0.25, -0.2) is 0 Å². The van der Waals surface area contributed by atoms with E-state index in [-0.39, 0.29) is 11.8 Å². The number of hydrogen-bond donors (Lipinski definition) is 1. The average Bonchev–Trinajstić information content (AvgIpc) is 2.74. The highest BCUT2D eigenvalue weighted by molar-refractivity contribution is 6.42. The van der Waals surface area contributed by atoms with E-state index in [1.54, 1.807) is 42.2 Å². The maximum absolute atomic E-state index is 12.8. The molecule has 0 aliphatic carbocycles. The second-order valence-electron chi connectivity index (χ2n) is 6.94. The Morgan fingerprint density at radius 2 is 1.80 bits per heavy atom. The molecular weight excluding hydrogens is 423 g/mol. The summed E-state index contributed by atoms with van der Waals surface area (Å²) in [6, 6.07) is 19.6. The highest BCUT2D eigenvalue weighted by Crippen LogP contribution is 2.37. The highest BCUT2D eigenvalue weighted by Gasteiger charge is 2.31. The lowest BCUT2D eigenvalue weighted by molar-refractivity contribution is -0.125. The van der Waals surface area contributed by atoms with Crippen LogP contribution >= 0.6 is 23.2 Å². The van der Waals surface area contributed by atoms with Crippen molar-refractivity contribution >= 4 is 46.4 Å². The van der Waals surface area contributed by atoms with Crippen molar-refractivity contribution in [2.45, 2.75) is 19.6 Å². The van der Waals surface area contributed by atoms with E-state index in [0.717, 1.165) is 5.56 Å². The Kier molecular flexibility index (Phi) is 5.66. The predicted octanol–water partition coefficient (Wildman–Crippen LogP) is 5.56. The Balaban J connectivity index is 1.62. The fourth-order valence-corrected chi connectivity index (χ4v) is 3.55. The van der Waals surface area contributed by atoms with Gasteiger partial charge in [0.05, 0.1) is 22.3 Å². The van der Waals surface area contributed by atoms with E-state index in [0.29, 0.717) is 39.3 Å². The van der Waals surface area contributed by atoms with Crippen molar-refractivity contribution in [2.24, 2.45) is 0 Å². The first-order chi connectivity index (χ1) is 14.4. The summed E-state index contributed by atoms with van der Waals surface area (Å²) in [6.07, 6.45) is -0.585. The molecule has 3 aromatic carbocycles. The van der Waals surface area contributed by atoms with Crippen LogP contribution in [0.2, 0.25) is 10.0 Å². The van der Waals surface area contributed by atoms with Crippen molar-refractivity contribution in [1.29, 1.82) is 0 Å². The molecule has 3 aromatic rings. The van der Waals surface area contributed by atoms with Gasteiger partial charge in [0, 0.05) is 11.3 Å². The van der Waals surface area contributed by atoms with Crippen LogP contribution in [0.4, 0.5) is 11.4 Å². The van der Waals surface area contributed by atoms with Crippen molar-refractivity contribution in [3.63, 3.8) is 0 Å². The summed E-state index contributed by atoms with van der Waals surface area (Å²) >= 11 is 11.9. The monoisotopic (exact) mass is 440 g/mol. The molecule has 1 heterocycles. The number of benzene rings is 3.